The van der Waals surface area contributed by atoms with Crippen molar-refractivity contribution in [2.75, 3.05) is 20.1 Å². The van der Waals surface area contributed by atoms with Gasteiger partial charge >= 0.3 is 0 Å². The normalized spacial score (nSPS) is 32.1. The molecule has 0 amide bonds. The van der Waals surface area contributed by atoms with Gasteiger partial charge in [-0.05, 0) is 44.7 Å². The van der Waals surface area contributed by atoms with Crippen molar-refractivity contribution in [3.63, 3.8) is 0 Å². The average Bonchev–Trinajstić information content (AvgIpc) is 2.38. The first-order chi connectivity index (χ1) is 9.11. The second-order valence-electron chi connectivity index (χ2n) is 6.45. The van der Waals surface area contributed by atoms with Crippen LogP contribution in [0.3, 0.4) is 0 Å². The molecule has 0 aromatic heterocycles. The number of piperidine rings is 1. The molecule has 1 heterocycles. The SMILES string of the molecule is CCCCCC(=O)C1CC2CN(C)CCC2CC1=O. The van der Waals surface area contributed by atoms with Crippen molar-refractivity contribution in [1.82, 2.24) is 4.90 Å². The standard InChI is InChI=1S/C16H27NO2/c1-3-4-5-6-15(18)14-9-13-11-17(2)8-7-12(13)10-16(14)19/h12-14H,3-11H2,1-2H3. The fraction of sp³-hybridized carbons (Fsp3) is 0.875. The molecular formula is C16H27NO2. The van der Waals surface area contributed by atoms with Crippen LogP contribution in [0.5, 0.6) is 0 Å². The van der Waals surface area contributed by atoms with Gasteiger partial charge in [0.1, 0.15) is 11.6 Å². The van der Waals surface area contributed by atoms with E-state index >= 15 is 0 Å². The van der Waals surface area contributed by atoms with E-state index in [9.17, 15) is 9.59 Å². The van der Waals surface area contributed by atoms with E-state index in [1.807, 2.05) is 0 Å². The summed E-state index contributed by atoms with van der Waals surface area (Å²) in [6.45, 7) is 4.30. The van der Waals surface area contributed by atoms with Gasteiger partial charge in [0.25, 0.3) is 0 Å². The third-order valence-electron chi connectivity index (χ3n) is 4.90. The number of hydrogen-bond donors (Lipinski definition) is 0. The van der Waals surface area contributed by atoms with Gasteiger partial charge in [-0.1, -0.05) is 19.8 Å². The van der Waals surface area contributed by atoms with Gasteiger partial charge in [0, 0.05) is 19.4 Å². The molecule has 0 aromatic carbocycles. The lowest BCUT2D eigenvalue weighted by molar-refractivity contribution is -0.138. The summed E-state index contributed by atoms with van der Waals surface area (Å²) in [6.07, 6.45) is 6.39. The molecule has 0 aromatic rings. The summed E-state index contributed by atoms with van der Waals surface area (Å²) < 4.78 is 0. The van der Waals surface area contributed by atoms with Crippen LogP contribution in [0.1, 0.15) is 51.9 Å². The molecule has 2 aliphatic rings. The topological polar surface area (TPSA) is 37.4 Å². The summed E-state index contributed by atoms with van der Waals surface area (Å²) in [6, 6.07) is 0. The molecule has 2 fully saturated rings. The summed E-state index contributed by atoms with van der Waals surface area (Å²) in [7, 11) is 2.14. The number of carbonyl (C=O) groups excluding carboxylic acids is 2. The summed E-state index contributed by atoms with van der Waals surface area (Å²) in [4.78, 5) is 26.7. The Morgan fingerprint density at radius 1 is 1.32 bits per heavy atom. The van der Waals surface area contributed by atoms with Crippen LogP contribution < -0.4 is 0 Å². The number of ketones is 2. The molecule has 1 saturated carbocycles. The van der Waals surface area contributed by atoms with E-state index in [0.29, 0.717) is 24.7 Å². The zero-order valence-corrected chi connectivity index (χ0v) is 12.4. The third-order valence-corrected chi connectivity index (χ3v) is 4.90. The monoisotopic (exact) mass is 265 g/mol. The zero-order valence-electron chi connectivity index (χ0n) is 12.4. The van der Waals surface area contributed by atoms with Gasteiger partial charge in [0.15, 0.2) is 0 Å². The van der Waals surface area contributed by atoms with Crippen LogP contribution in [0.4, 0.5) is 0 Å². The van der Waals surface area contributed by atoms with Gasteiger partial charge < -0.3 is 4.90 Å². The molecule has 0 bridgehead atoms. The third kappa shape index (κ3) is 3.65. The summed E-state index contributed by atoms with van der Waals surface area (Å²) in [5.74, 6) is 1.28. The van der Waals surface area contributed by atoms with Crippen molar-refractivity contribution in [3.8, 4) is 0 Å². The van der Waals surface area contributed by atoms with Crippen molar-refractivity contribution in [2.45, 2.75) is 51.9 Å². The van der Waals surface area contributed by atoms with Gasteiger partial charge in [-0.3, -0.25) is 9.59 Å². The molecule has 0 N–H and O–H groups in total. The van der Waals surface area contributed by atoms with Crippen LogP contribution >= 0.6 is 0 Å². The van der Waals surface area contributed by atoms with Crippen LogP contribution in [0, 0.1) is 17.8 Å². The van der Waals surface area contributed by atoms with E-state index < -0.39 is 0 Å². The molecule has 3 unspecified atom stereocenters. The van der Waals surface area contributed by atoms with E-state index in [4.69, 9.17) is 0 Å². The highest BCUT2D eigenvalue weighted by atomic mass is 16.1. The molecule has 1 saturated heterocycles. The average molecular weight is 265 g/mol. The Kier molecular flexibility index (Phi) is 5.14. The first-order valence-electron chi connectivity index (χ1n) is 7.85. The second kappa shape index (κ2) is 6.65. The van der Waals surface area contributed by atoms with Crippen molar-refractivity contribution < 1.29 is 9.59 Å². The first kappa shape index (κ1) is 14.7. The molecular weight excluding hydrogens is 238 g/mol. The molecule has 3 heteroatoms. The maximum atomic E-state index is 12.2. The van der Waals surface area contributed by atoms with Gasteiger partial charge in [-0.25, -0.2) is 0 Å². The van der Waals surface area contributed by atoms with E-state index in [2.05, 4.69) is 18.9 Å². The van der Waals surface area contributed by atoms with Gasteiger partial charge in [0.2, 0.25) is 0 Å². The Morgan fingerprint density at radius 3 is 2.84 bits per heavy atom. The van der Waals surface area contributed by atoms with Gasteiger partial charge in [-0.15, -0.1) is 0 Å². The van der Waals surface area contributed by atoms with E-state index in [1.54, 1.807) is 0 Å². The lowest BCUT2D eigenvalue weighted by Crippen LogP contribution is -2.45. The van der Waals surface area contributed by atoms with E-state index in [-0.39, 0.29) is 17.5 Å². The largest absolute Gasteiger partial charge is 0.306 e. The molecule has 3 atom stereocenters. The Bertz CT molecular complexity index is 340. The molecule has 108 valence electrons. The van der Waals surface area contributed by atoms with Gasteiger partial charge in [0.05, 0.1) is 5.92 Å². The Hall–Kier alpha value is -0.700. The number of unbranched alkanes of at least 4 members (excludes halogenated alkanes) is 2. The maximum absolute atomic E-state index is 12.2. The maximum Gasteiger partial charge on any atom is 0.143 e. The minimum absolute atomic E-state index is 0.213. The van der Waals surface area contributed by atoms with E-state index in [1.165, 1.54) is 0 Å². The zero-order chi connectivity index (χ0) is 13.8. The smallest absolute Gasteiger partial charge is 0.143 e. The molecule has 0 radical (unpaired) electrons. The number of hydrogen-bond acceptors (Lipinski definition) is 3. The number of fused-ring (bicyclic) bond motifs is 1. The van der Waals surface area contributed by atoms with Crippen LogP contribution in [0.25, 0.3) is 0 Å². The minimum Gasteiger partial charge on any atom is -0.306 e. The molecule has 1 aliphatic heterocycles. The predicted octanol–water partition coefficient (Wildman–Crippen LogP) is 2.68. The summed E-state index contributed by atoms with van der Waals surface area (Å²) in [5.41, 5.74) is 0. The van der Waals surface area contributed by atoms with Crippen molar-refractivity contribution in [2.24, 2.45) is 17.8 Å². The fourth-order valence-corrected chi connectivity index (χ4v) is 3.67. The highest BCUT2D eigenvalue weighted by molar-refractivity contribution is 6.02. The number of rotatable bonds is 5. The molecule has 2 rings (SSSR count). The van der Waals surface area contributed by atoms with E-state index in [0.717, 1.165) is 45.2 Å². The van der Waals surface area contributed by atoms with Crippen LogP contribution in [0.15, 0.2) is 0 Å². The minimum atomic E-state index is -0.274. The van der Waals surface area contributed by atoms with Crippen LogP contribution in [-0.2, 0) is 9.59 Å². The van der Waals surface area contributed by atoms with Crippen molar-refractivity contribution in [1.29, 1.82) is 0 Å². The number of likely N-dealkylation sites (tertiary alicyclic amines) is 1. The van der Waals surface area contributed by atoms with Crippen LogP contribution in [0.2, 0.25) is 0 Å². The summed E-state index contributed by atoms with van der Waals surface area (Å²) >= 11 is 0. The Morgan fingerprint density at radius 2 is 2.11 bits per heavy atom. The lowest BCUT2D eigenvalue weighted by Gasteiger charge is -2.41. The highest BCUT2D eigenvalue weighted by Crippen LogP contribution is 2.37. The van der Waals surface area contributed by atoms with Crippen LogP contribution in [-0.4, -0.2) is 36.6 Å². The van der Waals surface area contributed by atoms with Crippen molar-refractivity contribution in [3.05, 3.63) is 0 Å². The Labute approximate surface area is 116 Å². The number of nitrogens with zero attached hydrogens (tertiary/aromatic N) is 1. The number of Topliss-reactive ketones (excluding diaryl/α,β-unsaturated/α-hetero) is 2. The van der Waals surface area contributed by atoms with Gasteiger partial charge in [-0.2, -0.15) is 0 Å². The van der Waals surface area contributed by atoms with Crippen molar-refractivity contribution >= 4 is 11.6 Å². The Balaban J connectivity index is 1.90. The molecule has 19 heavy (non-hydrogen) atoms. The highest BCUT2D eigenvalue weighted by Gasteiger charge is 2.40. The fourth-order valence-electron chi connectivity index (χ4n) is 3.67. The first-order valence-corrected chi connectivity index (χ1v) is 7.85. The predicted molar refractivity (Wildman–Crippen MR) is 76.0 cm³/mol. The molecule has 3 nitrogen and oxygen atoms in total. The molecule has 1 aliphatic carbocycles. The second-order valence-corrected chi connectivity index (χ2v) is 6.45. The summed E-state index contributed by atoms with van der Waals surface area (Å²) in [5, 5.41) is 0. The number of carbonyl (C=O) groups is 2. The molecule has 0 spiro atoms. The lowest BCUT2D eigenvalue weighted by atomic mass is 9.69. The quantitative estimate of drug-likeness (QED) is 0.566.